The number of rotatable bonds is 3. The average Bonchev–Trinajstić information content (AvgIpc) is 2.28. The molecule has 0 aliphatic rings. The van der Waals surface area contributed by atoms with Gasteiger partial charge >= 0.3 is 6.09 Å². The van der Waals surface area contributed by atoms with Crippen LogP contribution in [0.3, 0.4) is 0 Å². The number of nitrogens with one attached hydrogen (secondary N) is 1. The van der Waals surface area contributed by atoms with E-state index >= 15 is 0 Å². The number of hydrogen-bond acceptors (Lipinski definition) is 5. The highest BCUT2D eigenvalue weighted by Gasteiger charge is 2.17. The quantitative estimate of drug-likeness (QED) is 0.625. The lowest BCUT2D eigenvalue weighted by Gasteiger charge is -2.20. The minimum atomic E-state index is -0.986. The molecule has 0 radical (unpaired) electrons. The highest BCUT2D eigenvalue weighted by molar-refractivity contribution is 5.85. The average molecular weight is 268 g/mol. The van der Waals surface area contributed by atoms with Crippen LogP contribution >= 0.6 is 0 Å². The van der Waals surface area contributed by atoms with Gasteiger partial charge < -0.3 is 20.7 Å². The maximum Gasteiger partial charge on any atom is 0.412 e. The van der Waals surface area contributed by atoms with Crippen molar-refractivity contribution in [2.24, 2.45) is 5.73 Å². The molecule has 19 heavy (non-hydrogen) atoms. The van der Waals surface area contributed by atoms with Crippen LogP contribution in [-0.2, 0) is 4.74 Å². The van der Waals surface area contributed by atoms with Crippen molar-refractivity contribution in [2.75, 3.05) is 11.9 Å². The summed E-state index contributed by atoms with van der Waals surface area (Å²) in [5.74, 6) is -0.0762. The van der Waals surface area contributed by atoms with E-state index in [9.17, 15) is 15.0 Å². The second kappa shape index (κ2) is 5.90. The standard InChI is InChI=1S/C13H20N2O4/c1-13(2,3)19-12(18)15-8-4-5-10(16)9(6-8)11(17)7-14/h4-6,11,16-17H,7,14H2,1-3H3,(H,15,18)/t11-/m0/s1. The van der Waals surface area contributed by atoms with Crippen molar-refractivity contribution in [3.63, 3.8) is 0 Å². The molecule has 0 spiro atoms. The Bertz CT molecular complexity index is 454. The number of nitrogens with two attached hydrogens (primary N) is 1. The van der Waals surface area contributed by atoms with Crippen LogP contribution < -0.4 is 11.1 Å². The zero-order valence-corrected chi connectivity index (χ0v) is 11.3. The maximum atomic E-state index is 11.6. The summed E-state index contributed by atoms with van der Waals surface area (Å²) in [4.78, 5) is 11.6. The van der Waals surface area contributed by atoms with Gasteiger partial charge in [0, 0.05) is 17.8 Å². The number of ether oxygens (including phenoxy) is 1. The number of aliphatic hydroxyl groups excluding tert-OH is 1. The fourth-order valence-electron chi connectivity index (χ4n) is 1.45. The first kappa shape index (κ1) is 15.3. The lowest BCUT2D eigenvalue weighted by molar-refractivity contribution is 0.0636. The molecule has 1 aromatic rings. The van der Waals surface area contributed by atoms with E-state index in [1.165, 1.54) is 18.2 Å². The van der Waals surface area contributed by atoms with Gasteiger partial charge in [-0.2, -0.15) is 0 Å². The van der Waals surface area contributed by atoms with Crippen LogP contribution in [0, 0.1) is 0 Å². The number of anilines is 1. The Labute approximate surface area is 112 Å². The molecule has 1 amide bonds. The summed E-state index contributed by atoms with van der Waals surface area (Å²) in [5.41, 5.74) is 5.41. The molecule has 1 aromatic carbocycles. The number of carbonyl (C=O) groups excluding carboxylic acids is 1. The largest absolute Gasteiger partial charge is 0.508 e. The third-order valence-electron chi connectivity index (χ3n) is 2.26. The Balaban J connectivity index is 2.83. The molecule has 0 aliphatic heterocycles. The minimum Gasteiger partial charge on any atom is -0.508 e. The van der Waals surface area contributed by atoms with Crippen LogP contribution in [0.5, 0.6) is 5.75 Å². The van der Waals surface area contributed by atoms with E-state index in [2.05, 4.69) is 5.32 Å². The molecule has 1 rings (SSSR count). The number of aliphatic hydroxyl groups is 1. The van der Waals surface area contributed by atoms with Crippen molar-refractivity contribution in [3.8, 4) is 5.75 Å². The third-order valence-corrected chi connectivity index (χ3v) is 2.26. The van der Waals surface area contributed by atoms with Crippen molar-refractivity contribution in [1.82, 2.24) is 0 Å². The molecular weight excluding hydrogens is 248 g/mol. The van der Waals surface area contributed by atoms with Gasteiger partial charge in [0.25, 0.3) is 0 Å². The van der Waals surface area contributed by atoms with Crippen LogP contribution in [0.2, 0.25) is 0 Å². The molecule has 106 valence electrons. The van der Waals surface area contributed by atoms with E-state index in [1.807, 2.05) is 0 Å². The number of phenolic OH excluding ortho intramolecular Hbond substituents is 1. The van der Waals surface area contributed by atoms with Crippen LogP contribution in [0.25, 0.3) is 0 Å². The highest BCUT2D eigenvalue weighted by Crippen LogP contribution is 2.27. The number of amides is 1. The molecule has 1 atom stereocenters. The third kappa shape index (κ3) is 4.76. The molecule has 0 heterocycles. The Morgan fingerprint density at radius 1 is 1.47 bits per heavy atom. The van der Waals surface area contributed by atoms with Gasteiger partial charge in [0.2, 0.25) is 0 Å². The molecule has 0 aromatic heterocycles. The number of hydrogen-bond donors (Lipinski definition) is 4. The van der Waals surface area contributed by atoms with Crippen molar-refractivity contribution in [2.45, 2.75) is 32.5 Å². The zero-order valence-electron chi connectivity index (χ0n) is 11.3. The summed E-state index contributed by atoms with van der Waals surface area (Å²) in [6.45, 7) is 5.25. The summed E-state index contributed by atoms with van der Waals surface area (Å²) in [6, 6.07) is 4.34. The first-order valence-corrected chi connectivity index (χ1v) is 5.94. The number of aromatic hydroxyl groups is 1. The molecule has 0 unspecified atom stereocenters. The van der Waals surface area contributed by atoms with Crippen molar-refractivity contribution < 1.29 is 19.7 Å². The van der Waals surface area contributed by atoms with E-state index < -0.39 is 17.8 Å². The summed E-state index contributed by atoms with van der Waals surface area (Å²) < 4.78 is 5.10. The van der Waals surface area contributed by atoms with E-state index in [-0.39, 0.29) is 17.9 Å². The zero-order chi connectivity index (χ0) is 14.6. The Morgan fingerprint density at radius 2 is 2.11 bits per heavy atom. The monoisotopic (exact) mass is 268 g/mol. The molecule has 5 N–H and O–H groups in total. The van der Waals surface area contributed by atoms with Gasteiger partial charge in [-0.05, 0) is 39.0 Å². The second-order valence-electron chi connectivity index (χ2n) is 5.15. The summed E-state index contributed by atoms with van der Waals surface area (Å²) >= 11 is 0. The fraction of sp³-hybridized carbons (Fsp3) is 0.462. The lowest BCUT2D eigenvalue weighted by Crippen LogP contribution is -2.27. The van der Waals surface area contributed by atoms with Crippen LogP contribution in [0.1, 0.15) is 32.4 Å². The van der Waals surface area contributed by atoms with E-state index in [4.69, 9.17) is 10.5 Å². The predicted molar refractivity (Wildman–Crippen MR) is 72.0 cm³/mol. The topological polar surface area (TPSA) is 105 Å². The first-order chi connectivity index (χ1) is 8.73. The minimum absolute atomic E-state index is 0.0244. The van der Waals surface area contributed by atoms with E-state index in [0.717, 1.165) is 0 Å². The molecule has 6 nitrogen and oxygen atoms in total. The van der Waals surface area contributed by atoms with Crippen molar-refractivity contribution in [3.05, 3.63) is 23.8 Å². The van der Waals surface area contributed by atoms with E-state index in [0.29, 0.717) is 5.69 Å². The van der Waals surface area contributed by atoms with Gasteiger partial charge in [-0.15, -0.1) is 0 Å². The van der Waals surface area contributed by atoms with Gasteiger partial charge in [-0.1, -0.05) is 0 Å². The van der Waals surface area contributed by atoms with Gasteiger partial charge in [0.15, 0.2) is 0 Å². The predicted octanol–water partition coefficient (Wildman–Crippen LogP) is 1.73. The summed E-state index contributed by atoms with van der Waals surface area (Å²) in [5, 5.41) is 21.7. The summed E-state index contributed by atoms with van der Waals surface area (Å²) in [7, 11) is 0. The van der Waals surface area contributed by atoms with Gasteiger partial charge in [0.05, 0.1) is 6.10 Å². The van der Waals surface area contributed by atoms with Crippen LogP contribution in [0.4, 0.5) is 10.5 Å². The van der Waals surface area contributed by atoms with Gasteiger partial charge in [-0.3, -0.25) is 5.32 Å². The number of benzene rings is 1. The van der Waals surface area contributed by atoms with Crippen LogP contribution in [0.15, 0.2) is 18.2 Å². The SMILES string of the molecule is CC(C)(C)OC(=O)Nc1ccc(O)c([C@@H](O)CN)c1. The van der Waals surface area contributed by atoms with Crippen LogP contribution in [-0.4, -0.2) is 28.5 Å². The highest BCUT2D eigenvalue weighted by atomic mass is 16.6. The second-order valence-corrected chi connectivity index (χ2v) is 5.15. The fourth-order valence-corrected chi connectivity index (χ4v) is 1.45. The molecule has 0 bridgehead atoms. The Kier molecular flexibility index (Phi) is 4.74. The first-order valence-electron chi connectivity index (χ1n) is 5.94. The molecule has 0 aliphatic carbocycles. The molecule has 0 fully saturated rings. The van der Waals surface area contributed by atoms with Gasteiger partial charge in [-0.25, -0.2) is 4.79 Å². The molecule has 0 saturated heterocycles. The van der Waals surface area contributed by atoms with E-state index in [1.54, 1.807) is 20.8 Å². The number of carbonyl (C=O) groups is 1. The summed E-state index contributed by atoms with van der Waals surface area (Å²) in [6.07, 6.45) is -1.59. The smallest absolute Gasteiger partial charge is 0.412 e. The normalized spacial score (nSPS) is 12.9. The van der Waals surface area contributed by atoms with Gasteiger partial charge in [0.1, 0.15) is 11.4 Å². The molecule has 6 heteroatoms. The molecule has 0 saturated carbocycles. The van der Waals surface area contributed by atoms with Crippen molar-refractivity contribution in [1.29, 1.82) is 0 Å². The number of phenols is 1. The maximum absolute atomic E-state index is 11.6. The lowest BCUT2D eigenvalue weighted by atomic mass is 10.1. The Hall–Kier alpha value is -1.79. The Morgan fingerprint density at radius 3 is 2.63 bits per heavy atom. The van der Waals surface area contributed by atoms with Crippen molar-refractivity contribution >= 4 is 11.8 Å². The molecular formula is C13H20N2O4.